The quantitative estimate of drug-likeness (QED) is 0.779. The first-order valence-corrected chi connectivity index (χ1v) is 7.97. The molecule has 0 aliphatic heterocycles. The summed E-state index contributed by atoms with van der Waals surface area (Å²) >= 11 is 5.93. The molecule has 1 N–H and O–H groups in total. The van der Waals surface area contributed by atoms with Gasteiger partial charge in [0.15, 0.2) is 0 Å². The normalized spacial score (nSPS) is 11.8. The van der Waals surface area contributed by atoms with E-state index in [2.05, 4.69) is 10.3 Å². The summed E-state index contributed by atoms with van der Waals surface area (Å²) in [6.45, 7) is 3.43. The predicted molar refractivity (Wildman–Crippen MR) is 74.4 cm³/mol. The van der Waals surface area contributed by atoms with Gasteiger partial charge in [0.05, 0.1) is 11.3 Å². The molecule has 5 nitrogen and oxygen atoms in total. The molecule has 1 aromatic rings. The molecule has 0 aliphatic carbocycles. The van der Waals surface area contributed by atoms with Crippen LogP contribution in [0.15, 0.2) is 18.3 Å². The van der Waals surface area contributed by atoms with Crippen molar-refractivity contribution in [3.63, 3.8) is 0 Å². The molecule has 0 unspecified atom stereocenters. The van der Waals surface area contributed by atoms with Crippen molar-refractivity contribution in [2.45, 2.75) is 13.3 Å². The fraction of sp³-hybridized carbons (Fsp3) is 0.545. The van der Waals surface area contributed by atoms with E-state index in [1.165, 1.54) is 10.6 Å². The van der Waals surface area contributed by atoms with Gasteiger partial charge in [0.1, 0.15) is 5.82 Å². The van der Waals surface area contributed by atoms with Gasteiger partial charge in [0, 0.05) is 25.8 Å². The van der Waals surface area contributed by atoms with Crippen LogP contribution in [0, 0.1) is 0 Å². The molecule has 0 saturated carbocycles. The molecule has 0 bridgehead atoms. The minimum absolute atomic E-state index is 0.489. The Morgan fingerprint density at radius 2 is 2.22 bits per heavy atom. The van der Waals surface area contributed by atoms with Crippen LogP contribution in [0.25, 0.3) is 0 Å². The van der Waals surface area contributed by atoms with Crippen LogP contribution in [-0.2, 0) is 10.0 Å². The molecule has 0 saturated heterocycles. The molecule has 0 amide bonds. The zero-order valence-corrected chi connectivity index (χ0v) is 12.1. The number of anilines is 1. The SMILES string of the molecule is CCN(CCCNc1ncccc1Cl)S(C)(=O)=O. The monoisotopic (exact) mass is 291 g/mol. The molecule has 0 aromatic carbocycles. The smallest absolute Gasteiger partial charge is 0.211 e. The van der Waals surface area contributed by atoms with Crippen LogP contribution in [0.5, 0.6) is 0 Å². The standard InChI is InChI=1S/C11H18ClN3O2S/c1-3-15(18(2,16)17)9-5-8-14-11-10(12)6-4-7-13-11/h4,6-7H,3,5,8-9H2,1-2H3,(H,13,14). The minimum atomic E-state index is -3.10. The molecule has 18 heavy (non-hydrogen) atoms. The van der Waals surface area contributed by atoms with Crippen molar-refractivity contribution in [2.75, 3.05) is 31.2 Å². The highest BCUT2D eigenvalue weighted by molar-refractivity contribution is 7.88. The minimum Gasteiger partial charge on any atom is -0.369 e. The average Bonchev–Trinajstić information content (AvgIpc) is 2.29. The second-order valence-electron chi connectivity index (χ2n) is 3.87. The van der Waals surface area contributed by atoms with Crippen molar-refractivity contribution in [2.24, 2.45) is 0 Å². The molecular formula is C11H18ClN3O2S. The fourth-order valence-corrected chi connectivity index (χ4v) is 2.65. The summed E-state index contributed by atoms with van der Waals surface area (Å²) in [7, 11) is -3.10. The molecule has 0 radical (unpaired) electrons. The number of aromatic nitrogens is 1. The van der Waals surface area contributed by atoms with E-state index in [0.717, 1.165) is 0 Å². The number of hydrogen-bond donors (Lipinski definition) is 1. The lowest BCUT2D eigenvalue weighted by Gasteiger charge is -2.17. The maximum atomic E-state index is 11.4. The van der Waals surface area contributed by atoms with E-state index in [-0.39, 0.29) is 0 Å². The van der Waals surface area contributed by atoms with Gasteiger partial charge in [0.2, 0.25) is 10.0 Å². The number of pyridine rings is 1. The van der Waals surface area contributed by atoms with Gasteiger partial charge in [-0.05, 0) is 18.6 Å². The van der Waals surface area contributed by atoms with Gasteiger partial charge < -0.3 is 5.32 Å². The van der Waals surface area contributed by atoms with E-state index in [0.29, 0.717) is 36.9 Å². The van der Waals surface area contributed by atoms with Gasteiger partial charge >= 0.3 is 0 Å². The van der Waals surface area contributed by atoms with Gasteiger partial charge in [0.25, 0.3) is 0 Å². The second kappa shape index (κ2) is 6.92. The maximum absolute atomic E-state index is 11.4. The summed E-state index contributed by atoms with van der Waals surface area (Å²) in [5.74, 6) is 0.626. The third-order valence-corrected chi connectivity index (χ3v) is 4.14. The highest BCUT2D eigenvalue weighted by atomic mass is 35.5. The zero-order chi connectivity index (χ0) is 13.6. The number of halogens is 1. The van der Waals surface area contributed by atoms with Crippen LogP contribution in [0.1, 0.15) is 13.3 Å². The van der Waals surface area contributed by atoms with Crippen molar-refractivity contribution >= 4 is 27.4 Å². The summed E-state index contributed by atoms with van der Waals surface area (Å²) in [5, 5.41) is 3.64. The van der Waals surface area contributed by atoms with E-state index in [1.807, 2.05) is 6.92 Å². The van der Waals surface area contributed by atoms with Crippen molar-refractivity contribution < 1.29 is 8.42 Å². The van der Waals surface area contributed by atoms with Crippen molar-refractivity contribution in [1.29, 1.82) is 0 Å². The van der Waals surface area contributed by atoms with Crippen LogP contribution < -0.4 is 5.32 Å². The lowest BCUT2D eigenvalue weighted by Crippen LogP contribution is -2.31. The fourth-order valence-electron chi connectivity index (χ4n) is 1.54. The average molecular weight is 292 g/mol. The number of nitrogens with zero attached hydrogens (tertiary/aromatic N) is 2. The molecule has 0 fully saturated rings. The molecular weight excluding hydrogens is 274 g/mol. The Kier molecular flexibility index (Phi) is 5.84. The maximum Gasteiger partial charge on any atom is 0.211 e. The highest BCUT2D eigenvalue weighted by Crippen LogP contribution is 2.16. The van der Waals surface area contributed by atoms with E-state index in [9.17, 15) is 8.42 Å². The molecule has 1 rings (SSSR count). The summed E-state index contributed by atoms with van der Waals surface area (Å²) in [5.41, 5.74) is 0. The third-order valence-electron chi connectivity index (χ3n) is 2.46. The first kappa shape index (κ1) is 15.2. The van der Waals surface area contributed by atoms with Crippen molar-refractivity contribution in [3.05, 3.63) is 23.4 Å². The molecule has 102 valence electrons. The van der Waals surface area contributed by atoms with Gasteiger partial charge in [-0.2, -0.15) is 0 Å². The summed E-state index contributed by atoms with van der Waals surface area (Å²) in [6, 6.07) is 3.52. The summed E-state index contributed by atoms with van der Waals surface area (Å²) in [4.78, 5) is 4.09. The number of sulfonamides is 1. The van der Waals surface area contributed by atoms with Crippen molar-refractivity contribution in [3.8, 4) is 0 Å². The predicted octanol–water partition coefficient (Wildman–Crippen LogP) is 1.82. The Morgan fingerprint density at radius 1 is 1.50 bits per heavy atom. The Hall–Kier alpha value is -0.850. The van der Waals surface area contributed by atoms with E-state index >= 15 is 0 Å². The number of rotatable bonds is 7. The van der Waals surface area contributed by atoms with Crippen LogP contribution in [-0.4, -0.2) is 43.6 Å². The molecule has 0 atom stereocenters. The Morgan fingerprint density at radius 3 is 2.78 bits per heavy atom. The first-order chi connectivity index (χ1) is 8.45. The zero-order valence-electron chi connectivity index (χ0n) is 10.6. The van der Waals surface area contributed by atoms with E-state index < -0.39 is 10.0 Å². The van der Waals surface area contributed by atoms with Crippen LogP contribution in [0.2, 0.25) is 5.02 Å². The van der Waals surface area contributed by atoms with Crippen molar-refractivity contribution in [1.82, 2.24) is 9.29 Å². The lowest BCUT2D eigenvalue weighted by molar-refractivity contribution is 0.428. The van der Waals surface area contributed by atoms with Crippen LogP contribution in [0.4, 0.5) is 5.82 Å². The summed E-state index contributed by atoms with van der Waals surface area (Å²) < 4.78 is 24.1. The molecule has 0 aliphatic rings. The largest absolute Gasteiger partial charge is 0.369 e. The summed E-state index contributed by atoms with van der Waals surface area (Å²) in [6.07, 6.45) is 3.58. The molecule has 1 heterocycles. The molecule has 1 aromatic heterocycles. The van der Waals surface area contributed by atoms with Gasteiger partial charge in [-0.15, -0.1) is 0 Å². The Bertz CT molecular complexity index is 479. The van der Waals surface area contributed by atoms with E-state index in [1.54, 1.807) is 18.3 Å². The lowest BCUT2D eigenvalue weighted by atomic mass is 10.4. The molecule has 7 heteroatoms. The van der Waals surface area contributed by atoms with Gasteiger partial charge in [-0.3, -0.25) is 0 Å². The highest BCUT2D eigenvalue weighted by Gasteiger charge is 2.13. The molecule has 0 spiro atoms. The first-order valence-electron chi connectivity index (χ1n) is 5.74. The van der Waals surface area contributed by atoms with Crippen LogP contribution >= 0.6 is 11.6 Å². The Balaban J connectivity index is 2.37. The number of nitrogens with one attached hydrogen (secondary N) is 1. The number of hydrogen-bond acceptors (Lipinski definition) is 4. The van der Waals surface area contributed by atoms with E-state index in [4.69, 9.17) is 11.6 Å². The third kappa shape index (κ3) is 4.80. The van der Waals surface area contributed by atoms with Crippen LogP contribution in [0.3, 0.4) is 0 Å². The van der Waals surface area contributed by atoms with Gasteiger partial charge in [-0.25, -0.2) is 17.7 Å². The Labute approximate surface area is 113 Å². The van der Waals surface area contributed by atoms with Gasteiger partial charge in [-0.1, -0.05) is 18.5 Å². The topological polar surface area (TPSA) is 62.3 Å². The second-order valence-corrected chi connectivity index (χ2v) is 6.26.